The molecule has 1 aromatic rings. The summed E-state index contributed by atoms with van der Waals surface area (Å²) in [5, 5.41) is 15.0. The van der Waals surface area contributed by atoms with E-state index >= 15 is 0 Å². The number of halogens is 3. The fourth-order valence-corrected chi connectivity index (χ4v) is 4.80. The molecule has 1 aliphatic heterocycles. The number of carbonyl (C=O) groups excluding carboxylic acids is 3. The van der Waals surface area contributed by atoms with Gasteiger partial charge >= 0.3 is 12.1 Å². The van der Waals surface area contributed by atoms with E-state index < -0.39 is 29.8 Å². The molecule has 3 aliphatic rings. The highest BCUT2D eigenvalue weighted by Gasteiger charge is 2.45. The summed E-state index contributed by atoms with van der Waals surface area (Å²) in [7, 11) is 0. The summed E-state index contributed by atoms with van der Waals surface area (Å²) in [6.45, 7) is 0.305. The van der Waals surface area contributed by atoms with Crippen molar-refractivity contribution in [3.05, 3.63) is 34.9 Å². The summed E-state index contributed by atoms with van der Waals surface area (Å²) in [4.78, 5) is 38.6. The molecule has 0 aromatic heterocycles. The number of hydrogen-bond acceptors (Lipinski definition) is 5. The molecule has 3 atom stereocenters. The molecular formula is C22H27F3N4O4. The van der Waals surface area contributed by atoms with Gasteiger partial charge in [0, 0.05) is 18.2 Å². The molecule has 0 spiro atoms. The van der Waals surface area contributed by atoms with Crippen LogP contribution in [0.5, 0.6) is 0 Å². The van der Waals surface area contributed by atoms with Crippen molar-refractivity contribution in [3.8, 4) is 0 Å². The highest BCUT2D eigenvalue weighted by molar-refractivity contribution is 5.99. The molecule has 8 nitrogen and oxygen atoms in total. The third-order valence-electron chi connectivity index (χ3n) is 6.92. The monoisotopic (exact) mass is 468 g/mol. The molecule has 4 rings (SSSR count). The van der Waals surface area contributed by atoms with Crippen molar-refractivity contribution in [1.29, 1.82) is 0 Å². The Morgan fingerprint density at radius 2 is 1.88 bits per heavy atom. The average molecular weight is 468 g/mol. The van der Waals surface area contributed by atoms with Gasteiger partial charge in [0.05, 0.1) is 6.04 Å². The molecule has 5 N–H and O–H groups in total. The normalized spacial score (nSPS) is 25.1. The van der Waals surface area contributed by atoms with Gasteiger partial charge in [-0.25, -0.2) is 0 Å². The van der Waals surface area contributed by atoms with Crippen LogP contribution in [0.3, 0.4) is 0 Å². The molecule has 2 fully saturated rings. The van der Waals surface area contributed by atoms with Crippen molar-refractivity contribution < 1.29 is 32.7 Å². The number of amides is 3. The standard InChI is InChI=1S/C22H27F3N4O4/c23-22(24,25)20(32)28-17(26)12-6-7-13-11-29(18(30)14(13)10-12)16-5-2-1-4-15(16)27-19(31)21(33)8-3-9-21/h6-7,10,15-17,33H,1-5,8-9,11,26H2,(H,27,31)(H,28,32)/t15?,16-,17?/m1/s1. The first-order chi connectivity index (χ1) is 15.5. The Morgan fingerprint density at radius 3 is 2.52 bits per heavy atom. The number of fused-ring (bicyclic) bond motifs is 1. The first kappa shape index (κ1) is 23.5. The van der Waals surface area contributed by atoms with E-state index in [0.29, 0.717) is 43.4 Å². The fourth-order valence-electron chi connectivity index (χ4n) is 4.80. The maximum atomic E-state index is 13.2. The third-order valence-corrected chi connectivity index (χ3v) is 6.92. The third kappa shape index (κ3) is 4.56. The van der Waals surface area contributed by atoms with Crippen molar-refractivity contribution in [2.75, 3.05) is 0 Å². The minimum absolute atomic E-state index is 0.183. The Hall–Kier alpha value is -2.66. The molecular weight excluding hydrogens is 441 g/mol. The van der Waals surface area contributed by atoms with E-state index in [1.165, 1.54) is 12.1 Å². The lowest BCUT2D eigenvalue weighted by Crippen LogP contribution is -2.59. The minimum atomic E-state index is -5.06. The van der Waals surface area contributed by atoms with E-state index in [2.05, 4.69) is 5.32 Å². The maximum Gasteiger partial charge on any atom is 0.471 e. The highest BCUT2D eigenvalue weighted by atomic mass is 19.4. The quantitative estimate of drug-likeness (QED) is 0.489. The molecule has 2 unspecified atom stereocenters. The molecule has 0 radical (unpaired) electrons. The first-order valence-electron chi connectivity index (χ1n) is 11.1. The molecule has 2 saturated carbocycles. The predicted octanol–water partition coefficient (Wildman–Crippen LogP) is 1.62. The SMILES string of the molecule is NC(NC(=O)C(F)(F)F)c1ccc2c(c1)C(=O)N([C@@H]1CCCCC1NC(=O)C1(O)CCC1)C2. The van der Waals surface area contributed by atoms with Crippen LogP contribution in [-0.4, -0.2) is 51.6 Å². The number of nitrogens with one attached hydrogen (secondary N) is 2. The molecule has 3 amide bonds. The van der Waals surface area contributed by atoms with Crippen LogP contribution < -0.4 is 16.4 Å². The highest BCUT2D eigenvalue weighted by Crippen LogP contribution is 2.35. The zero-order valence-corrected chi connectivity index (χ0v) is 18.0. The van der Waals surface area contributed by atoms with E-state index in [0.717, 1.165) is 19.3 Å². The zero-order chi connectivity index (χ0) is 24.0. The van der Waals surface area contributed by atoms with Gasteiger partial charge in [0.15, 0.2) is 0 Å². The number of nitrogens with two attached hydrogens (primary N) is 1. The Kier molecular flexibility index (Phi) is 6.12. The van der Waals surface area contributed by atoms with Gasteiger partial charge in [-0.1, -0.05) is 25.0 Å². The van der Waals surface area contributed by atoms with Crippen LogP contribution in [0.2, 0.25) is 0 Å². The molecule has 11 heteroatoms. The van der Waals surface area contributed by atoms with Gasteiger partial charge in [0.25, 0.3) is 11.8 Å². The lowest BCUT2D eigenvalue weighted by Gasteiger charge is -2.41. The molecule has 1 aromatic carbocycles. The minimum Gasteiger partial charge on any atom is -0.380 e. The van der Waals surface area contributed by atoms with Crippen LogP contribution in [0.1, 0.15) is 72.6 Å². The molecule has 2 aliphatic carbocycles. The van der Waals surface area contributed by atoms with Crippen LogP contribution in [0.15, 0.2) is 18.2 Å². The van der Waals surface area contributed by atoms with Crippen LogP contribution in [0.25, 0.3) is 0 Å². The Labute approximate surface area is 188 Å². The number of rotatable bonds is 5. The van der Waals surface area contributed by atoms with Gasteiger partial charge in [-0.3, -0.25) is 14.4 Å². The second-order valence-electron chi connectivity index (χ2n) is 9.12. The van der Waals surface area contributed by atoms with Gasteiger partial charge in [0.2, 0.25) is 0 Å². The summed E-state index contributed by atoms with van der Waals surface area (Å²) in [6, 6.07) is 3.97. The van der Waals surface area contributed by atoms with Crippen LogP contribution in [-0.2, 0) is 16.1 Å². The van der Waals surface area contributed by atoms with Gasteiger partial charge in [-0.05, 0) is 49.3 Å². The van der Waals surface area contributed by atoms with Crippen LogP contribution in [0.4, 0.5) is 13.2 Å². The Morgan fingerprint density at radius 1 is 1.18 bits per heavy atom. The number of benzene rings is 1. The Balaban J connectivity index is 1.48. The molecule has 180 valence electrons. The summed E-state index contributed by atoms with van der Waals surface area (Å²) in [5.41, 5.74) is 5.59. The molecule has 0 bridgehead atoms. The lowest BCUT2D eigenvalue weighted by molar-refractivity contribution is -0.174. The van der Waals surface area contributed by atoms with Crippen molar-refractivity contribution in [2.24, 2.45) is 5.73 Å². The second kappa shape index (κ2) is 8.60. The maximum absolute atomic E-state index is 13.2. The fraction of sp³-hybridized carbons (Fsp3) is 0.591. The van der Waals surface area contributed by atoms with E-state index in [1.807, 2.05) is 0 Å². The number of alkyl halides is 3. The van der Waals surface area contributed by atoms with E-state index in [-0.39, 0.29) is 23.6 Å². The molecule has 1 heterocycles. The summed E-state index contributed by atoms with van der Waals surface area (Å²) >= 11 is 0. The van der Waals surface area contributed by atoms with Crippen molar-refractivity contribution in [1.82, 2.24) is 15.5 Å². The van der Waals surface area contributed by atoms with Crippen LogP contribution >= 0.6 is 0 Å². The second-order valence-corrected chi connectivity index (χ2v) is 9.12. The summed E-state index contributed by atoms with van der Waals surface area (Å²) < 4.78 is 37.6. The lowest BCUT2D eigenvalue weighted by atomic mass is 9.79. The van der Waals surface area contributed by atoms with E-state index in [1.54, 1.807) is 16.3 Å². The molecule has 0 saturated heterocycles. The van der Waals surface area contributed by atoms with Gasteiger partial charge in [0.1, 0.15) is 11.8 Å². The molecule has 33 heavy (non-hydrogen) atoms. The van der Waals surface area contributed by atoms with Gasteiger partial charge < -0.3 is 26.4 Å². The predicted molar refractivity (Wildman–Crippen MR) is 110 cm³/mol. The average Bonchev–Trinajstić information content (AvgIpc) is 3.07. The van der Waals surface area contributed by atoms with Crippen LogP contribution in [0, 0.1) is 0 Å². The number of nitrogens with zero attached hydrogens (tertiary/aromatic N) is 1. The number of aliphatic hydroxyl groups is 1. The zero-order valence-electron chi connectivity index (χ0n) is 18.0. The van der Waals surface area contributed by atoms with Gasteiger partial charge in [-0.15, -0.1) is 0 Å². The van der Waals surface area contributed by atoms with E-state index in [4.69, 9.17) is 5.73 Å². The first-order valence-corrected chi connectivity index (χ1v) is 11.1. The number of carbonyl (C=O) groups is 3. The summed E-state index contributed by atoms with van der Waals surface area (Å²) in [6.07, 6.45) is -1.66. The largest absolute Gasteiger partial charge is 0.471 e. The number of hydrogen-bond donors (Lipinski definition) is 4. The topological polar surface area (TPSA) is 125 Å². The van der Waals surface area contributed by atoms with E-state index in [9.17, 15) is 32.7 Å². The van der Waals surface area contributed by atoms with Crippen molar-refractivity contribution >= 4 is 17.7 Å². The Bertz CT molecular complexity index is 963. The van der Waals surface area contributed by atoms with Crippen molar-refractivity contribution in [3.63, 3.8) is 0 Å². The van der Waals surface area contributed by atoms with Gasteiger partial charge in [-0.2, -0.15) is 13.2 Å². The summed E-state index contributed by atoms with van der Waals surface area (Å²) in [5.74, 6) is -2.85. The smallest absolute Gasteiger partial charge is 0.380 e. The van der Waals surface area contributed by atoms with Crippen molar-refractivity contribution in [2.45, 2.75) is 81.5 Å².